The predicted molar refractivity (Wildman–Crippen MR) is 69.3 cm³/mol. The first-order valence-electron chi connectivity index (χ1n) is 6.47. The first-order valence-corrected chi connectivity index (χ1v) is 6.47. The van der Waals surface area contributed by atoms with E-state index in [1.54, 1.807) is 0 Å². The summed E-state index contributed by atoms with van der Waals surface area (Å²) in [5.74, 6) is 0.717. The Kier molecular flexibility index (Phi) is 8.07. The van der Waals surface area contributed by atoms with Crippen LogP contribution in [0.15, 0.2) is 0 Å². The predicted octanol–water partition coefficient (Wildman–Crippen LogP) is 2.74. The highest BCUT2D eigenvalue weighted by molar-refractivity contribution is 4.75. The van der Waals surface area contributed by atoms with E-state index in [4.69, 9.17) is 0 Å². The Morgan fingerprint density at radius 2 is 1.73 bits per heavy atom. The van der Waals surface area contributed by atoms with Crippen molar-refractivity contribution < 1.29 is 0 Å². The van der Waals surface area contributed by atoms with Gasteiger partial charge in [-0.3, -0.25) is 0 Å². The zero-order chi connectivity index (χ0) is 11.8. The fraction of sp³-hybridized carbons (Fsp3) is 1.00. The Morgan fingerprint density at radius 1 is 1.13 bits per heavy atom. The van der Waals surface area contributed by atoms with Gasteiger partial charge in [0.1, 0.15) is 0 Å². The second-order valence-electron chi connectivity index (χ2n) is 4.83. The Morgan fingerprint density at radius 3 is 2.20 bits per heavy atom. The average molecular weight is 214 g/mol. The molecule has 3 unspecified atom stereocenters. The van der Waals surface area contributed by atoms with Gasteiger partial charge in [-0.2, -0.15) is 0 Å². The summed E-state index contributed by atoms with van der Waals surface area (Å²) in [7, 11) is 2.26. The van der Waals surface area contributed by atoms with Crippen LogP contribution in [0.25, 0.3) is 0 Å². The van der Waals surface area contributed by atoms with Crippen molar-refractivity contribution in [3.8, 4) is 0 Å². The third kappa shape index (κ3) is 5.53. The van der Waals surface area contributed by atoms with Gasteiger partial charge in [0.2, 0.25) is 0 Å². The molecule has 0 aliphatic heterocycles. The van der Waals surface area contributed by atoms with Crippen LogP contribution in [0.4, 0.5) is 0 Å². The molecule has 2 nitrogen and oxygen atoms in total. The van der Waals surface area contributed by atoms with E-state index in [2.05, 4.69) is 51.9 Å². The summed E-state index contributed by atoms with van der Waals surface area (Å²) in [6.45, 7) is 13.6. The Hall–Kier alpha value is -0.0800. The fourth-order valence-electron chi connectivity index (χ4n) is 1.97. The lowest BCUT2D eigenvalue weighted by Crippen LogP contribution is -2.43. The molecule has 0 fully saturated rings. The van der Waals surface area contributed by atoms with Crippen LogP contribution >= 0.6 is 0 Å². The first-order chi connectivity index (χ1) is 7.04. The lowest BCUT2D eigenvalue weighted by Gasteiger charge is -2.34. The number of hydrogen-bond acceptors (Lipinski definition) is 2. The summed E-state index contributed by atoms with van der Waals surface area (Å²) in [6, 6.07) is 1.36. The molecule has 0 amide bonds. The number of nitrogens with one attached hydrogen (secondary N) is 1. The molecule has 0 bridgehead atoms. The molecule has 0 aromatic heterocycles. The third-order valence-corrected chi connectivity index (χ3v) is 3.58. The molecule has 0 saturated heterocycles. The van der Waals surface area contributed by atoms with Crippen LogP contribution in [0.3, 0.4) is 0 Å². The zero-order valence-electron chi connectivity index (χ0n) is 11.5. The summed E-state index contributed by atoms with van der Waals surface area (Å²) in [5.41, 5.74) is 0. The topological polar surface area (TPSA) is 15.3 Å². The van der Waals surface area contributed by atoms with Crippen LogP contribution in [0.2, 0.25) is 0 Å². The molecule has 1 N–H and O–H groups in total. The van der Waals surface area contributed by atoms with Gasteiger partial charge in [0.05, 0.1) is 0 Å². The van der Waals surface area contributed by atoms with Crippen molar-refractivity contribution in [1.29, 1.82) is 0 Å². The monoisotopic (exact) mass is 214 g/mol. The lowest BCUT2D eigenvalue weighted by atomic mass is 10.00. The molecule has 0 heterocycles. The Labute approximate surface area is 96.4 Å². The second kappa shape index (κ2) is 8.12. The molecule has 0 radical (unpaired) electrons. The minimum absolute atomic E-state index is 0.658. The van der Waals surface area contributed by atoms with E-state index in [0.717, 1.165) is 13.1 Å². The van der Waals surface area contributed by atoms with Crippen molar-refractivity contribution in [1.82, 2.24) is 10.2 Å². The normalized spacial score (nSPS) is 17.8. The molecular formula is C13H30N2. The maximum atomic E-state index is 3.43. The van der Waals surface area contributed by atoms with Crippen molar-refractivity contribution in [3.63, 3.8) is 0 Å². The van der Waals surface area contributed by atoms with Crippen molar-refractivity contribution in [2.75, 3.05) is 20.1 Å². The molecule has 2 heteroatoms. The van der Waals surface area contributed by atoms with Crippen molar-refractivity contribution in [3.05, 3.63) is 0 Å². The van der Waals surface area contributed by atoms with Crippen LogP contribution in [0, 0.1) is 5.92 Å². The van der Waals surface area contributed by atoms with Crippen LogP contribution in [0.5, 0.6) is 0 Å². The van der Waals surface area contributed by atoms with E-state index in [-0.39, 0.29) is 0 Å². The molecular weight excluding hydrogens is 184 g/mol. The van der Waals surface area contributed by atoms with E-state index in [1.165, 1.54) is 12.8 Å². The van der Waals surface area contributed by atoms with Gasteiger partial charge < -0.3 is 10.2 Å². The van der Waals surface area contributed by atoms with Gasteiger partial charge in [-0.15, -0.1) is 0 Å². The molecule has 0 aliphatic rings. The first kappa shape index (κ1) is 14.9. The fourth-order valence-corrected chi connectivity index (χ4v) is 1.97. The minimum atomic E-state index is 0.658. The van der Waals surface area contributed by atoms with Crippen LogP contribution < -0.4 is 5.32 Å². The summed E-state index contributed by atoms with van der Waals surface area (Å²) >= 11 is 0. The second-order valence-corrected chi connectivity index (χ2v) is 4.83. The molecule has 15 heavy (non-hydrogen) atoms. The molecule has 0 aliphatic carbocycles. The van der Waals surface area contributed by atoms with Gasteiger partial charge in [0.15, 0.2) is 0 Å². The quantitative estimate of drug-likeness (QED) is 0.668. The van der Waals surface area contributed by atoms with Gasteiger partial charge in [-0.05, 0) is 46.3 Å². The summed E-state index contributed by atoms with van der Waals surface area (Å²) in [4.78, 5) is 2.52. The maximum absolute atomic E-state index is 3.43. The van der Waals surface area contributed by atoms with Crippen LogP contribution in [0.1, 0.15) is 47.5 Å². The summed E-state index contributed by atoms with van der Waals surface area (Å²) in [6.07, 6.45) is 2.58. The van der Waals surface area contributed by atoms with Gasteiger partial charge in [0.25, 0.3) is 0 Å². The molecule has 0 spiro atoms. The zero-order valence-corrected chi connectivity index (χ0v) is 11.5. The van der Waals surface area contributed by atoms with Gasteiger partial charge in [0, 0.05) is 12.1 Å². The van der Waals surface area contributed by atoms with Crippen molar-refractivity contribution in [2.45, 2.75) is 59.5 Å². The van der Waals surface area contributed by atoms with E-state index in [1.807, 2.05) is 0 Å². The van der Waals surface area contributed by atoms with Crippen LogP contribution in [-0.4, -0.2) is 37.1 Å². The van der Waals surface area contributed by atoms with Crippen LogP contribution in [-0.2, 0) is 0 Å². The smallest absolute Gasteiger partial charge is 0.0104 e. The largest absolute Gasteiger partial charge is 0.317 e. The average Bonchev–Trinajstić information content (AvgIpc) is 2.24. The van der Waals surface area contributed by atoms with Gasteiger partial charge in [-0.25, -0.2) is 0 Å². The Bertz CT molecular complexity index is 147. The van der Waals surface area contributed by atoms with Crippen molar-refractivity contribution >= 4 is 0 Å². The maximum Gasteiger partial charge on any atom is 0.0104 e. The molecule has 3 atom stereocenters. The SMILES string of the molecule is CCCC(C)N(C)C(C)C(C)CNCC. The van der Waals surface area contributed by atoms with E-state index in [9.17, 15) is 0 Å². The molecule has 92 valence electrons. The number of rotatable bonds is 8. The van der Waals surface area contributed by atoms with Gasteiger partial charge >= 0.3 is 0 Å². The van der Waals surface area contributed by atoms with Gasteiger partial charge in [-0.1, -0.05) is 27.2 Å². The highest BCUT2D eigenvalue weighted by atomic mass is 15.2. The van der Waals surface area contributed by atoms with E-state index < -0.39 is 0 Å². The highest BCUT2D eigenvalue weighted by Gasteiger charge is 2.20. The Balaban J connectivity index is 3.99. The lowest BCUT2D eigenvalue weighted by molar-refractivity contribution is 0.143. The highest BCUT2D eigenvalue weighted by Crippen LogP contribution is 2.14. The minimum Gasteiger partial charge on any atom is -0.317 e. The number of hydrogen-bond donors (Lipinski definition) is 1. The van der Waals surface area contributed by atoms with E-state index >= 15 is 0 Å². The molecule has 0 saturated carbocycles. The summed E-state index contributed by atoms with van der Waals surface area (Å²) in [5, 5.41) is 3.43. The number of nitrogens with zero attached hydrogens (tertiary/aromatic N) is 1. The van der Waals surface area contributed by atoms with Crippen molar-refractivity contribution in [2.24, 2.45) is 5.92 Å². The standard InChI is InChI=1S/C13H30N2/c1-7-9-12(4)15(6)13(5)11(3)10-14-8-2/h11-14H,7-10H2,1-6H3. The summed E-state index contributed by atoms with van der Waals surface area (Å²) < 4.78 is 0. The molecule has 0 aromatic carbocycles. The molecule has 0 aromatic rings. The molecule has 0 rings (SSSR count). The third-order valence-electron chi connectivity index (χ3n) is 3.58. The van der Waals surface area contributed by atoms with E-state index in [0.29, 0.717) is 18.0 Å².